The van der Waals surface area contributed by atoms with Gasteiger partial charge in [0.15, 0.2) is 0 Å². The van der Waals surface area contributed by atoms with Gasteiger partial charge in [-0.2, -0.15) is 5.10 Å². The Labute approximate surface area is 98.6 Å². The summed E-state index contributed by atoms with van der Waals surface area (Å²) in [4.78, 5) is 2.22. The number of nitrogens with one attached hydrogen (secondary N) is 1. The van der Waals surface area contributed by atoms with E-state index in [4.69, 9.17) is 0 Å². The summed E-state index contributed by atoms with van der Waals surface area (Å²) in [7, 11) is 6.23. The summed E-state index contributed by atoms with van der Waals surface area (Å²) >= 11 is 0. The van der Waals surface area contributed by atoms with E-state index in [0.29, 0.717) is 6.04 Å². The molecule has 0 bridgehead atoms. The minimum Gasteiger partial charge on any atom is -0.313 e. The Hall–Kier alpha value is -0.870. The molecule has 0 aliphatic rings. The number of hydrogen-bond donors (Lipinski definition) is 1. The topological polar surface area (TPSA) is 33.1 Å². The normalized spacial score (nSPS) is 13.4. The summed E-state index contributed by atoms with van der Waals surface area (Å²) in [5.74, 6) is 0. The van der Waals surface area contributed by atoms with Gasteiger partial charge in [-0.1, -0.05) is 6.92 Å². The predicted octanol–water partition coefficient (Wildman–Crippen LogP) is 0.811. The first-order valence-electron chi connectivity index (χ1n) is 5.90. The van der Waals surface area contributed by atoms with Crippen molar-refractivity contribution in [3.63, 3.8) is 0 Å². The van der Waals surface area contributed by atoms with Crippen LogP contribution in [0.25, 0.3) is 0 Å². The molecule has 1 N–H and O–H groups in total. The summed E-state index contributed by atoms with van der Waals surface area (Å²) < 4.78 is 1.98. The third-order valence-electron chi connectivity index (χ3n) is 2.63. The molecule has 1 aromatic rings. The Balaban J connectivity index is 2.63. The molecular weight excluding hydrogens is 200 g/mol. The van der Waals surface area contributed by atoms with Crippen molar-refractivity contribution >= 4 is 0 Å². The van der Waals surface area contributed by atoms with E-state index < -0.39 is 0 Å². The van der Waals surface area contributed by atoms with Crippen LogP contribution in [0.3, 0.4) is 0 Å². The van der Waals surface area contributed by atoms with E-state index in [1.165, 1.54) is 5.69 Å². The minimum absolute atomic E-state index is 0.495. The summed E-state index contributed by atoms with van der Waals surface area (Å²) in [5, 5.41) is 7.89. The summed E-state index contributed by atoms with van der Waals surface area (Å²) in [6.45, 7) is 6.25. The molecule has 1 rings (SSSR count). The average Bonchev–Trinajstić information content (AvgIpc) is 2.44. The predicted molar refractivity (Wildman–Crippen MR) is 67.7 cm³/mol. The molecule has 0 aliphatic carbocycles. The number of hydrogen-bond acceptors (Lipinski definition) is 3. The second-order valence-corrected chi connectivity index (χ2v) is 4.62. The zero-order valence-corrected chi connectivity index (χ0v) is 11.1. The van der Waals surface area contributed by atoms with Gasteiger partial charge in [-0.25, -0.2) is 0 Å². The quantitative estimate of drug-likeness (QED) is 0.776. The van der Waals surface area contributed by atoms with E-state index in [1.807, 2.05) is 18.7 Å². The van der Waals surface area contributed by atoms with Crippen molar-refractivity contribution in [3.05, 3.63) is 17.5 Å². The van der Waals surface area contributed by atoms with Gasteiger partial charge in [0.2, 0.25) is 0 Å². The van der Waals surface area contributed by atoms with Gasteiger partial charge >= 0.3 is 0 Å². The van der Waals surface area contributed by atoms with Crippen molar-refractivity contribution in [1.29, 1.82) is 0 Å². The molecule has 0 aliphatic heterocycles. The van der Waals surface area contributed by atoms with Crippen LogP contribution in [0.1, 0.15) is 18.3 Å². The first-order chi connectivity index (χ1) is 7.52. The van der Waals surface area contributed by atoms with Crippen LogP contribution in [0.4, 0.5) is 0 Å². The fraction of sp³-hybridized carbons (Fsp3) is 0.750. The van der Waals surface area contributed by atoms with Crippen molar-refractivity contribution in [2.75, 3.05) is 27.2 Å². The van der Waals surface area contributed by atoms with Crippen molar-refractivity contribution in [2.24, 2.45) is 7.05 Å². The molecule has 4 heteroatoms. The highest BCUT2D eigenvalue weighted by Crippen LogP contribution is 2.06. The lowest BCUT2D eigenvalue weighted by Gasteiger charge is -2.21. The highest BCUT2D eigenvalue weighted by Gasteiger charge is 2.12. The van der Waals surface area contributed by atoms with Crippen LogP contribution < -0.4 is 5.32 Å². The highest BCUT2D eigenvalue weighted by molar-refractivity contribution is 5.10. The van der Waals surface area contributed by atoms with Crippen molar-refractivity contribution in [3.8, 4) is 0 Å². The van der Waals surface area contributed by atoms with Gasteiger partial charge in [0.1, 0.15) is 0 Å². The van der Waals surface area contributed by atoms with Gasteiger partial charge in [-0.3, -0.25) is 4.68 Å². The summed E-state index contributed by atoms with van der Waals surface area (Å²) in [5.41, 5.74) is 2.39. The molecule has 0 amide bonds. The van der Waals surface area contributed by atoms with Crippen molar-refractivity contribution in [1.82, 2.24) is 20.0 Å². The van der Waals surface area contributed by atoms with Crippen LogP contribution in [0.15, 0.2) is 6.07 Å². The minimum atomic E-state index is 0.495. The Bertz CT molecular complexity index is 317. The molecule has 0 radical (unpaired) electrons. The maximum atomic E-state index is 4.38. The second-order valence-electron chi connectivity index (χ2n) is 4.62. The number of likely N-dealkylation sites (N-methyl/N-ethyl adjacent to an activating group) is 2. The standard InChI is InChI=1S/C12H24N4/c1-6-13-11(9-15(3)4)8-12-7-10(2)14-16(12)5/h7,11,13H,6,8-9H2,1-5H3. The van der Waals surface area contributed by atoms with Crippen LogP contribution in [0, 0.1) is 6.92 Å². The first kappa shape index (κ1) is 13.2. The second kappa shape index (κ2) is 6.01. The van der Waals surface area contributed by atoms with E-state index in [0.717, 1.165) is 25.2 Å². The number of aryl methyl sites for hydroxylation is 2. The fourth-order valence-corrected chi connectivity index (χ4v) is 2.04. The van der Waals surface area contributed by atoms with E-state index in [2.05, 4.69) is 42.4 Å². The van der Waals surface area contributed by atoms with Gasteiger partial charge in [-0.15, -0.1) is 0 Å². The molecule has 0 fully saturated rings. The zero-order chi connectivity index (χ0) is 12.1. The third kappa shape index (κ3) is 3.94. The van der Waals surface area contributed by atoms with E-state index in [1.54, 1.807) is 0 Å². The Morgan fingerprint density at radius 1 is 1.50 bits per heavy atom. The van der Waals surface area contributed by atoms with E-state index in [9.17, 15) is 0 Å². The molecule has 92 valence electrons. The smallest absolute Gasteiger partial charge is 0.0596 e. The molecule has 0 saturated heterocycles. The lowest BCUT2D eigenvalue weighted by molar-refractivity contribution is 0.336. The molecule has 4 nitrogen and oxygen atoms in total. The largest absolute Gasteiger partial charge is 0.313 e. The van der Waals surface area contributed by atoms with Gasteiger partial charge in [0.25, 0.3) is 0 Å². The number of rotatable bonds is 6. The SMILES string of the molecule is CCNC(Cc1cc(C)nn1C)CN(C)C. The van der Waals surface area contributed by atoms with E-state index >= 15 is 0 Å². The van der Waals surface area contributed by atoms with Gasteiger partial charge in [-0.05, 0) is 33.6 Å². The molecular formula is C12H24N4. The monoisotopic (exact) mass is 224 g/mol. The van der Waals surface area contributed by atoms with Crippen molar-refractivity contribution in [2.45, 2.75) is 26.3 Å². The zero-order valence-electron chi connectivity index (χ0n) is 11.1. The van der Waals surface area contributed by atoms with Crippen molar-refractivity contribution < 1.29 is 0 Å². The first-order valence-corrected chi connectivity index (χ1v) is 5.90. The fourth-order valence-electron chi connectivity index (χ4n) is 2.04. The third-order valence-corrected chi connectivity index (χ3v) is 2.63. The molecule has 1 atom stereocenters. The maximum absolute atomic E-state index is 4.38. The summed E-state index contributed by atoms with van der Waals surface area (Å²) in [6, 6.07) is 2.66. The van der Waals surface area contributed by atoms with Gasteiger partial charge in [0.05, 0.1) is 5.69 Å². The van der Waals surface area contributed by atoms with Gasteiger partial charge < -0.3 is 10.2 Å². The number of nitrogens with zero attached hydrogens (tertiary/aromatic N) is 3. The highest BCUT2D eigenvalue weighted by atomic mass is 15.3. The Morgan fingerprint density at radius 3 is 2.62 bits per heavy atom. The van der Waals surface area contributed by atoms with Crippen LogP contribution in [-0.2, 0) is 13.5 Å². The molecule has 0 aromatic carbocycles. The molecule has 1 unspecified atom stereocenters. The Morgan fingerprint density at radius 2 is 2.19 bits per heavy atom. The average molecular weight is 224 g/mol. The van der Waals surface area contributed by atoms with Gasteiger partial charge in [0, 0.05) is 31.7 Å². The lowest BCUT2D eigenvalue weighted by Crippen LogP contribution is -2.40. The lowest BCUT2D eigenvalue weighted by atomic mass is 10.1. The van der Waals surface area contributed by atoms with Crippen LogP contribution in [0.2, 0.25) is 0 Å². The molecule has 0 saturated carbocycles. The van der Waals surface area contributed by atoms with E-state index in [-0.39, 0.29) is 0 Å². The van der Waals surface area contributed by atoms with Crippen LogP contribution >= 0.6 is 0 Å². The summed E-state index contributed by atoms with van der Waals surface area (Å²) in [6.07, 6.45) is 1.03. The molecule has 0 spiro atoms. The number of aromatic nitrogens is 2. The molecule has 1 aromatic heterocycles. The maximum Gasteiger partial charge on any atom is 0.0596 e. The Kier molecular flexibility index (Phi) is 4.96. The molecule has 1 heterocycles. The molecule has 16 heavy (non-hydrogen) atoms. The van der Waals surface area contributed by atoms with Crippen LogP contribution in [-0.4, -0.2) is 47.9 Å². The van der Waals surface area contributed by atoms with Crippen LogP contribution in [0.5, 0.6) is 0 Å².